The molecule has 152 valence electrons. The number of ketones is 1. The summed E-state index contributed by atoms with van der Waals surface area (Å²) in [6.45, 7) is 0.626. The molecule has 30 heavy (non-hydrogen) atoms. The zero-order chi connectivity index (χ0) is 20.8. The van der Waals surface area contributed by atoms with Crippen LogP contribution in [0.15, 0.2) is 82.6 Å². The van der Waals surface area contributed by atoms with E-state index in [9.17, 15) is 9.18 Å². The number of furan rings is 1. The van der Waals surface area contributed by atoms with Crippen molar-refractivity contribution in [2.45, 2.75) is 24.5 Å². The minimum atomic E-state index is -0.341. The normalized spacial score (nSPS) is 11.0. The number of carbonyl (C=O) groups excluding carboxylic acids is 1. The highest BCUT2D eigenvalue weighted by atomic mass is 32.2. The molecule has 2 heterocycles. The number of hydrogen-bond donors (Lipinski definition) is 0. The van der Waals surface area contributed by atoms with E-state index in [0.29, 0.717) is 36.5 Å². The SMILES string of the molecule is O=C(CCCSc1nnc(-c2ccco2)n1Cc1ccccc1)c1ccc(F)cc1. The summed E-state index contributed by atoms with van der Waals surface area (Å²) in [6.07, 6.45) is 2.70. The van der Waals surface area contributed by atoms with Gasteiger partial charge in [-0.25, -0.2) is 4.39 Å². The Morgan fingerprint density at radius 2 is 1.80 bits per heavy atom. The molecule has 0 aliphatic heterocycles. The molecule has 0 bridgehead atoms. The van der Waals surface area contributed by atoms with E-state index in [2.05, 4.69) is 22.3 Å². The van der Waals surface area contributed by atoms with Gasteiger partial charge in [0.2, 0.25) is 5.82 Å². The Hall–Kier alpha value is -3.19. The summed E-state index contributed by atoms with van der Waals surface area (Å²) in [4.78, 5) is 12.3. The summed E-state index contributed by atoms with van der Waals surface area (Å²) in [7, 11) is 0. The van der Waals surface area contributed by atoms with Crippen LogP contribution in [-0.4, -0.2) is 26.3 Å². The van der Waals surface area contributed by atoms with Gasteiger partial charge in [0.05, 0.1) is 12.8 Å². The van der Waals surface area contributed by atoms with Crippen molar-refractivity contribution in [3.63, 3.8) is 0 Å². The molecular weight excluding hydrogens is 401 g/mol. The molecule has 7 heteroatoms. The van der Waals surface area contributed by atoms with Crippen LogP contribution in [0, 0.1) is 5.82 Å². The molecule has 5 nitrogen and oxygen atoms in total. The highest BCUT2D eigenvalue weighted by Gasteiger charge is 2.17. The summed E-state index contributed by atoms with van der Waals surface area (Å²) in [5, 5.41) is 9.44. The van der Waals surface area contributed by atoms with Gasteiger partial charge in [-0.3, -0.25) is 9.36 Å². The predicted molar refractivity (Wildman–Crippen MR) is 114 cm³/mol. The van der Waals surface area contributed by atoms with Gasteiger partial charge in [-0.1, -0.05) is 42.1 Å². The standard InChI is InChI=1S/C23H20FN3O2S/c24-19-12-10-18(11-13-19)20(28)8-5-15-30-23-26-25-22(21-9-4-14-29-21)27(23)16-17-6-2-1-3-7-17/h1-4,6-7,9-14H,5,8,15-16H2. The minimum Gasteiger partial charge on any atom is -0.461 e. The van der Waals surface area contributed by atoms with Crippen LogP contribution in [0.4, 0.5) is 4.39 Å². The molecule has 0 spiro atoms. The number of halogens is 1. The lowest BCUT2D eigenvalue weighted by molar-refractivity contribution is 0.0982. The van der Waals surface area contributed by atoms with E-state index in [1.165, 1.54) is 24.3 Å². The van der Waals surface area contributed by atoms with Gasteiger partial charge in [-0.2, -0.15) is 0 Å². The molecule has 0 radical (unpaired) electrons. The first-order valence-electron chi connectivity index (χ1n) is 9.63. The number of aromatic nitrogens is 3. The molecular formula is C23H20FN3O2S. The molecule has 0 saturated carbocycles. The van der Waals surface area contributed by atoms with Gasteiger partial charge in [0.15, 0.2) is 16.7 Å². The van der Waals surface area contributed by atoms with Gasteiger partial charge in [0, 0.05) is 17.7 Å². The van der Waals surface area contributed by atoms with E-state index in [-0.39, 0.29) is 11.6 Å². The monoisotopic (exact) mass is 421 g/mol. The summed E-state index contributed by atoms with van der Waals surface area (Å²) in [6, 6.07) is 19.5. The minimum absolute atomic E-state index is 0.0117. The largest absolute Gasteiger partial charge is 0.461 e. The first-order chi connectivity index (χ1) is 14.7. The van der Waals surface area contributed by atoms with E-state index in [1.54, 1.807) is 18.0 Å². The molecule has 0 aliphatic carbocycles. The lowest BCUT2D eigenvalue weighted by Gasteiger charge is -2.09. The number of thioether (sulfide) groups is 1. The zero-order valence-electron chi connectivity index (χ0n) is 16.2. The van der Waals surface area contributed by atoms with Gasteiger partial charge >= 0.3 is 0 Å². The highest BCUT2D eigenvalue weighted by molar-refractivity contribution is 7.99. The van der Waals surface area contributed by atoms with Crippen LogP contribution >= 0.6 is 11.8 Å². The van der Waals surface area contributed by atoms with E-state index in [4.69, 9.17) is 4.42 Å². The maximum atomic E-state index is 13.0. The quantitative estimate of drug-likeness (QED) is 0.203. The Kier molecular flexibility index (Phi) is 6.39. The first kappa shape index (κ1) is 20.1. The second kappa shape index (κ2) is 9.54. The smallest absolute Gasteiger partial charge is 0.200 e. The molecule has 0 aliphatic rings. The van der Waals surface area contributed by atoms with E-state index >= 15 is 0 Å². The second-order valence-electron chi connectivity index (χ2n) is 6.74. The van der Waals surface area contributed by atoms with Crippen LogP contribution in [0.5, 0.6) is 0 Å². The number of carbonyl (C=O) groups is 1. The van der Waals surface area contributed by atoms with Crippen molar-refractivity contribution in [3.8, 4) is 11.6 Å². The van der Waals surface area contributed by atoms with Crippen LogP contribution in [-0.2, 0) is 6.54 Å². The van der Waals surface area contributed by atoms with Gasteiger partial charge < -0.3 is 4.42 Å². The molecule has 0 amide bonds. The Morgan fingerprint density at radius 3 is 2.53 bits per heavy atom. The molecule has 0 fully saturated rings. The zero-order valence-corrected chi connectivity index (χ0v) is 17.0. The van der Waals surface area contributed by atoms with Crippen molar-refractivity contribution in [2.75, 3.05) is 5.75 Å². The average molecular weight is 421 g/mol. The number of Topliss-reactive ketones (excluding diaryl/α,β-unsaturated/α-hetero) is 1. The van der Waals surface area contributed by atoms with Crippen LogP contribution in [0.2, 0.25) is 0 Å². The Labute approximate surface area is 177 Å². The second-order valence-corrected chi connectivity index (χ2v) is 7.80. The average Bonchev–Trinajstić information content (AvgIpc) is 3.42. The van der Waals surface area contributed by atoms with Gasteiger partial charge in [0.25, 0.3) is 0 Å². The summed E-state index contributed by atoms with van der Waals surface area (Å²) >= 11 is 1.56. The fourth-order valence-corrected chi connectivity index (χ4v) is 3.95. The highest BCUT2D eigenvalue weighted by Crippen LogP contribution is 2.26. The predicted octanol–water partition coefficient (Wildman–Crippen LogP) is 5.48. The van der Waals surface area contributed by atoms with Gasteiger partial charge in [-0.05, 0) is 48.4 Å². The van der Waals surface area contributed by atoms with Crippen molar-refractivity contribution >= 4 is 17.5 Å². The van der Waals surface area contributed by atoms with Crippen molar-refractivity contribution in [1.82, 2.24) is 14.8 Å². The Balaban J connectivity index is 1.42. The molecule has 2 aromatic heterocycles. The first-order valence-corrected chi connectivity index (χ1v) is 10.6. The fraction of sp³-hybridized carbons (Fsp3) is 0.174. The lowest BCUT2D eigenvalue weighted by Crippen LogP contribution is -2.04. The van der Waals surface area contributed by atoms with Crippen LogP contribution in [0.25, 0.3) is 11.6 Å². The van der Waals surface area contributed by atoms with Crippen molar-refractivity contribution < 1.29 is 13.6 Å². The van der Waals surface area contributed by atoms with Crippen LogP contribution in [0.1, 0.15) is 28.8 Å². The van der Waals surface area contributed by atoms with Crippen molar-refractivity contribution in [2.24, 2.45) is 0 Å². The summed E-state index contributed by atoms with van der Waals surface area (Å²) < 4.78 is 20.6. The van der Waals surface area contributed by atoms with Crippen molar-refractivity contribution in [3.05, 3.63) is 89.9 Å². The van der Waals surface area contributed by atoms with Crippen LogP contribution < -0.4 is 0 Å². The number of nitrogens with zero attached hydrogens (tertiary/aromatic N) is 3. The lowest BCUT2D eigenvalue weighted by atomic mass is 10.1. The number of benzene rings is 2. The molecule has 4 rings (SSSR count). The molecule has 0 atom stereocenters. The summed E-state index contributed by atoms with van der Waals surface area (Å²) in [5.74, 6) is 1.73. The third-order valence-electron chi connectivity index (χ3n) is 4.59. The molecule has 0 unspecified atom stereocenters. The maximum Gasteiger partial charge on any atom is 0.200 e. The maximum absolute atomic E-state index is 13.0. The van der Waals surface area contributed by atoms with Gasteiger partial charge in [-0.15, -0.1) is 10.2 Å². The van der Waals surface area contributed by atoms with E-state index in [0.717, 1.165) is 16.5 Å². The summed E-state index contributed by atoms with van der Waals surface area (Å²) in [5.41, 5.74) is 1.67. The van der Waals surface area contributed by atoms with E-state index < -0.39 is 0 Å². The number of hydrogen-bond acceptors (Lipinski definition) is 5. The molecule has 0 saturated heterocycles. The Bertz CT molecular complexity index is 1090. The molecule has 2 aromatic carbocycles. The van der Waals surface area contributed by atoms with E-state index in [1.807, 2.05) is 34.9 Å². The third-order valence-corrected chi connectivity index (χ3v) is 5.64. The van der Waals surface area contributed by atoms with Crippen molar-refractivity contribution in [1.29, 1.82) is 0 Å². The Morgan fingerprint density at radius 1 is 1.00 bits per heavy atom. The topological polar surface area (TPSA) is 60.9 Å². The van der Waals surface area contributed by atoms with Gasteiger partial charge in [0.1, 0.15) is 5.82 Å². The molecule has 4 aromatic rings. The molecule has 0 N–H and O–H groups in total. The van der Waals surface area contributed by atoms with Crippen LogP contribution in [0.3, 0.4) is 0 Å². The fourth-order valence-electron chi connectivity index (χ4n) is 3.07. The number of rotatable bonds is 9. The third kappa shape index (κ3) is 4.86.